The second-order valence-corrected chi connectivity index (χ2v) is 8.97. The van der Waals surface area contributed by atoms with Crippen molar-refractivity contribution < 1.29 is 22.0 Å². The fourth-order valence-electron chi connectivity index (χ4n) is 4.41. The molecule has 0 aromatic heterocycles. The first-order valence-corrected chi connectivity index (χ1v) is 11.9. The molecule has 0 unspecified atom stereocenters. The third kappa shape index (κ3) is 6.08. The molecule has 4 aromatic carbocycles. The van der Waals surface area contributed by atoms with Gasteiger partial charge in [0.25, 0.3) is 0 Å². The maximum Gasteiger partial charge on any atom is 0.419 e. The fraction of sp³-hybridized carbons (Fsp3) is 0.267. The van der Waals surface area contributed by atoms with Crippen LogP contribution in [-0.2, 0) is 38.3 Å². The lowest BCUT2D eigenvalue weighted by Crippen LogP contribution is -2.08. The number of hydrogen-bond acceptors (Lipinski definition) is 0. The molecule has 0 aliphatic carbocycles. The van der Waals surface area contributed by atoms with Crippen LogP contribution >= 0.6 is 0 Å². The summed E-state index contributed by atoms with van der Waals surface area (Å²) in [4.78, 5) is 0. The summed E-state index contributed by atoms with van der Waals surface area (Å²) in [7, 11) is 0. The van der Waals surface area contributed by atoms with Gasteiger partial charge in [-0.05, 0) is 77.4 Å². The molecular weight excluding hydrogens is 455 g/mol. The summed E-state index contributed by atoms with van der Waals surface area (Å²) in [6, 6.07) is 20.8. The first kappa shape index (κ1) is 24.9. The molecule has 0 nitrogen and oxygen atoms in total. The Morgan fingerprint density at radius 1 is 0.600 bits per heavy atom. The van der Waals surface area contributed by atoms with E-state index in [0.717, 1.165) is 48.8 Å². The molecule has 0 saturated heterocycles. The molecule has 0 spiro atoms. The van der Waals surface area contributed by atoms with Crippen molar-refractivity contribution in [1.29, 1.82) is 0 Å². The van der Waals surface area contributed by atoms with Gasteiger partial charge in [-0.15, -0.1) is 0 Å². The number of benzene rings is 4. The molecule has 4 rings (SSSR count). The number of halogens is 5. The summed E-state index contributed by atoms with van der Waals surface area (Å²) >= 11 is 0. The van der Waals surface area contributed by atoms with Crippen LogP contribution in [0.2, 0.25) is 0 Å². The van der Waals surface area contributed by atoms with Crippen LogP contribution in [-0.4, -0.2) is 0 Å². The zero-order chi connectivity index (χ0) is 25.0. The Balaban J connectivity index is 1.43. The van der Waals surface area contributed by atoms with E-state index in [9.17, 15) is 17.6 Å². The van der Waals surface area contributed by atoms with Crippen molar-refractivity contribution in [2.75, 3.05) is 0 Å². The standard InChI is InChI=1S/C30H27F5/c1-2-3-20-4-6-21(7-5-20)8-9-22-11-16-26-25(18-22)15-14-24(29(26)32)13-10-23-12-17-27(28(31)19-23)30(33,34)35/h4-7,11-12,14-19H,2-3,8-10,13H2,1H3. The summed E-state index contributed by atoms with van der Waals surface area (Å²) in [6.07, 6.45) is -0.254. The van der Waals surface area contributed by atoms with Gasteiger partial charge < -0.3 is 0 Å². The highest BCUT2D eigenvalue weighted by Crippen LogP contribution is 2.32. The number of hydrogen-bond donors (Lipinski definition) is 0. The Kier molecular flexibility index (Phi) is 7.54. The zero-order valence-corrected chi connectivity index (χ0v) is 19.6. The lowest BCUT2D eigenvalue weighted by molar-refractivity contribution is -0.140. The van der Waals surface area contributed by atoms with Crippen molar-refractivity contribution in [3.05, 3.63) is 118 Å². The third-order valence-corrected chi connectivity index (χ3v) is 6.38. The van der Waals surface area contributed by atoms with Gasteiger partial charge in [0, 0.05) is 5.39 Å². The second kappa shape index (κ2) is 10.6. The second-order valence-electron chi connectivity index (χ2n) is 8.97. The van der Waals surface area contributed by atoms with Crippen LogP contribution in [0.15, 0.2) is 72.8 Å². The van der Waals surface area contributed by atoms with Crippen LogP contribution in [0.5, 0.6) is 0 Å². The molecule has 0 atom stereocenters. The molecular formula is C30H27F5. The number of rotatable bonds is 8. The van der Waals surface area contributed by atoms with Crippen LogP contribution in [0, 0.1) is 11.6 Å². The summed E-state index contributed by atoms with van der Waals surface area (Å²) in [6.45, 7) is 2.17. The Morgan fingerprint density at radius 3 is 1.83 bits per heavy atom. The topological polar surface area (TPSA) is 0 Å². The van der Waals surface area contributed by atoms with Crippen LogP contribution < -0.4 is 0 Å². The van der Waals surface area contributed by atoms with E-state index in [2.05, 4.69) is 31.2 Å². The zero-order valence-electron chi connectivity index (χ0n) is 19.6. The van der Waals surface area contributed by atoms with Gasteiger partial charge in [-0.2, -0.15) is 13.2 Å². The van der Waals surface area contributed by atoms with Gasteiger partial charge in [-0.1, -0.05) is 74.0 Å². The number of fused-ring (bicyclic) bond motifs is 1. The Bertz CT molecular complexity index is 1300. The first-order chi connectivity index (χ1) is 16.7. The summed E-state index contributed by atoms with van der Waals surface area (Å²) in [5.74, 6) is -1.65. The van der Waals surface area contributed by atoms with E-state index in [0.29, 0.717) is 16.5 Å². The lowest BCUT2D eigenvalue weighted by atomic mass is 9.97. The molecule has 0 saturated carbocycles. The Hall–Kier alpha value is -3.21. The van der Waals surface area contributed by atoms with Crippen molar-refractivity contribution in [2.45, 2.75) is 51.6 Å². The normalized spacial score (nSPS) is 11.8. The molecule has 0 aliphatic rings. The van der Waals surface area contributed by atoms with E-state index < -0.39 is 17.6 Å². The average molecular weight is 483 g/mol. The highest BCUT2D eigenvalue weighted by molar-refractivity contribution is 5.84. The van der Waals surface area contributed by atoms with Crippen molar-refractivity contribution in [3.63, 3.8) is 0 Å². The maximum absolute atomic E-state index is 15.1. The fourth-order valence-corrected chi connectivity index (χ4v) is 4.41. The smallest absolute Gasteiger partial charge is 0.206 e. The van der Waals surface area contributed by atoms with Crippen LogP contribution in [0.3, 0.4) is 0 Å². The van der Waals surface area contributed by atoms with Crippen LogP contribution in [0.25, 0.3) is 10.8 Å². The molecule has 4 aromatic rings. The van der Waals surface area contributed by atoms with E-state index in [1.807, 2.05) is 18.2 Å². The summed E-state index contributed by atoms with van der Waals surface area (Å²) in [5, 5.41) is 1.32. The van der Waals surface area contributed by atoms with Gasteiger partial charge in [0.05, 0.1) is 5.56 Å². The van der Waals surface area contributed by atoms with Crippen LogP contribution in [0.1, 0.15) is 46.7 Å². The number of alkyl halides is 3. The minimum absolute atomic E-state index is 0.243. The average Bonchev–Trinajstić information content (AvgIpc) is 2.82. The predicted octanol–water partition coefficient (Wildman–Crippen LogP) is 8.66. The quantitative estimate of drug-likeness (QED) is 0.220. The highest BCUT2D eigenvalue weighted by atomic mass is 19.4. The third-order valence-electron chi connectivity index (χ3n) is 6.38. The summed E-state index contributed by atoms with van der Waals surface area (Å²) in [5.41, 5.74) is 3.30. The van der Waals surface area contributed by atoms with Gasteiger partial charge in [0.2, 0.25) is 0 Å². The van der Waals surface area contributed by atoms with Crippen molar-refractivity contribution in [1.82, 2.24) is 0 Å². The van der Waals surface area contributed by atoms with Crippen LogP contribution in [0.4, 0.5) is 22.0 Å². The van der Waals surface area contributed by atoms with Gasteiger partial charge in [0.1, 0.15) is 11.6 Å². The van der Waals surface area contributed by atoms with Crippen molar-refractivity contribution in [2.24, 2.45) is 0 Å². The molecule has 0 N–H and O–H groups in total. The number of aryl methyl sites for hydroxylation is 5. The van der Waals surface area contributed by atoms with E-state index in [4.69, 9.17) is 0 Å². The lowest BCUT2D eigenvalue weighted by Gasteiger charge is -2.11. The van der Waals surface area contributed by atoms with E-state index in [1.54, 1.807) is 12.1 Å². The van der Waals surface area contributed by atoms with Crippen molar-refractivity contribution in [3.8, 4) is 0 Å². The molecule has 0 heterocycles. The van der Waals surface area contributed by atoms with Gasteiger partial charge in [-0.3, -0.25) is 0 Å². The molecule has 0 amide bonds. The maximum atomic E-state index is 15.1. The van der Waals surface area contributed by atoms with E-state index in [1.165, 1.54) is 17.2 Å². The minimum Gasteiger partial charge on any atom is -0.206 e. The molecule has 35 heavy (non-hydrogen) atoms. The van der Waals surface area contributed by atoms with E-state index >= 15 is 4.39 Å². The molecule has 0 radical (unpaired) electrons. The largest absolute Gasteiger partial charge is 0.419 e. The Morgan fingerprint density at radius 2 is 1.17 bits per heavy atom. The van der Waals surface area contributed by atoms with Gasteiger partial charge >= 0.3 is 6.18 Å². The molecule has 0 aliphatic heterocycles. The minimum atomic E-state index is -4.73. The van der Waals surface area contributed by atoms with Gasteiger partial charge in [0.15, 0.2) is 0 Å². The highest BCUT2D eigenvalue weighted by Gasteiger charge is 2.33. The molecule has 0 bridgehead atoms. The van der Waals surface area contributed by atoms with E-state index in [-0.39, 0.29) is 18.7 Å². The van der Waals surface area contributed by atoms with Gasteiger partial charge in [-0.25, -0.2) is 8.78 Å². The molecule has 5 heteroatoms. The molecule has 182 valence electrons. The predicted molar refractivity (Wildman–Crippen MR) is 131 cm³/mol. The molecule has 0 fully saturated rings. The summed E-state index contributed by atoms with van der Waals surface area (Å²) < 4.78 is 67.2. The SMILES string of the molecule is CCCc1ccc(CCc2ccc3c(F)c(CCc4ccc(C(F)(F)F)c(F)c4)ccc3c2)cc1. The van der Waals surface area contributed by atoms with Crippen molar-refractivity contribution >= 4 is 10.8 Å². The monoisotopic (exact) mass is 482 g/mol. The Labute approximate surface area is 202 Å². The first-order valence-electron chi connectivity index (χ1n) is 11.9.